The van der Waals surface area contributed by atoms with Crippen molar-refractivity contribution in [1.82, 2.24) is 10.2 Å². The Morgan fingerprint density at radius 2 is 2.00 bits per heavy atom. The average Bonchev–Trinajstić information content (AvgIpc) is 2.91. The van der Waals surface area contributed by atoms with Gasteiger partial charge in [0.2, 0.25) is 5.91 Å². The van der Waals surface area contributed by atoms with Gasteiger partial charge in [-0.05, 0) is 29.8 Å². The molecule has 0 radical (unpaired) electrons. The molecule has 0 aromatic heterocycles. The van der Waals surface area contributed by atoms with Crippen molar-refractivity contribution in [2.75, 3.05) is 6.54 Å². The van der Waals surface area contributed by atoms with Crippen LogP contribution in [0.1, 0.15) is 11.1 Å². The number of nitrogens with one attached hydrogen (secondary N) is 1. The molecular weight excluding hydrogens is 404 g/mol. The Labute approximate surface area is 171 Å². The summed E-state index contributed by atoms with van der Waals surface area (Å²) >= 11 is 12.2. The Morgan fingerprint density at radius 1 is 1.26 bits per heavy atom. The normalized spacial score (nSPS) is 15.4. The quantitative estimate of drug-likeness (QED) is 0.574. The molecule has 2 aromatic rings. The number of carbonyl (C=O) groups is 2. The monoisotopic (exact) mass is 418 g/mol. The number of carbonyl (C=O) groups excluding carboxylic acids is 2. The highest BCUT2D eigenvalue weighted by Crippen LogP contribution is 2.34. The molecular formula is C19H15ClN2O3S2. The summed E-state index contributed by atoms with van der Waals surface area (Å²) in [6.07, 6.45) is 1.52. The number of hydrogen-bond acceptors (Lipinski definition) is 5. The third-order valence-corrected chi connectivity index (χ3v) is 5.40. The van der Waals surface area contributed by atoms with Gasteiger partial charge in [0, 0.05) is 17.1 Å². The van der Waals surface area contributed by atoms with Crippen LogP contribution in [0.3, 0.4) is 0 Å². The van der Waals surface area contributed by atoms with Crippen molar-refractivity contribution in [2.45, 2.75) is 6.54 Å². The van der Waals surface area contributed by atoms with E-state index in [-0.39, 0.29) is 24.1 Å². The van der Waals surface area contributed by atoms with Gasteiger partial charge >= 0.3 is 0 Å². The van der Waals surface area contributed by atoms with E-state index in [1.54, 1.807) is 12.1 Å². The summed E-state index contributed by atoms with van der Waals surface area (Å²) in [5.41, 5.74) is 1.38. The first kappa shape index (κ1) is 19.4. The van der Waals surface area contributed by atoms with E-state index in [2.05, 4.69) is 5.32 Å². The molecule has 1 aliphatic heterocycles. The second-order valence-corrected chi connectivity index (χ2v) is 7.85. The first-order valence-corrected chi connectivity index (χ1v) is 9.59. The Morgan fingerprint density at radius 3 is 2.74 bits per heavy atom. The molecule has 0 aliphatic carbocycles. The SMILES string of the molecule is O=C(CN1C(=O)/C(=C/c2cc(Cl)ccc2O)SC1=S)NCc1ccccc1. The van der Waals surface area contributed by atoms with Crippen LogP contribution in [0, 0.1) is 0 Å². The van der Waals surface area contributed by atoms with Crippen molar-refractivity contribution in [3.63, 3.8) is 0 Å². The second-order valence-electron chi connectivity index (χ2n) is 5.73. The lowest BCUT2D eigenvalue weighted by Crippen LogP contribution is -2.39. The van der Waals surface area contributed by atoms with E-state index in [9.17, 15) is 14.7 Å². The minimum atomic E-state index is -0.376. The van der Waals surface area contributed by atoms with Gasteiger partial charge in [0.15, 0.2) is 0 Å². The fourth-order valence-corrected chi connectivity index (χ4v) is 3.84. The van der Waals surface area contributed by atoms with Gasteiger partial charge in [-0.2, -0.15) is 0 Å². The van der Waals surface area contributed by atoms with Gasteiger partial charge in [-0.3, -0.25) is 14.5 Å². The van der Waals surface area contributed by atoms with Crippen molar-refractivity contribution in [3.8, 4) is 5.75 Å². The summed E-state index contributed by atoms with van der Waals surface area (Å²) in [7, 11) is 0. The standard InChI is InChI=1S/C19H15ClN2O3S2/c20-14-6-7-15(23)13(8-14)9-16-18(25)22(19(26)27-16)11-17(24)21-10-12-4-2-1-3-5-12/h1-9,23H,10-11H2,(H,21,24)/b16-9-. The van der Waals surface area contributed by atoms with Gasteiger partial charge in [-0.25, -0.2) is 0 Å². The largest absolute Gasteiger partial charge is 0.507 e. The molecule has 8 heteroatoms. The van der Waals surface area contributed by atoms with E-state index in [0.29, 0.717) is 26.4 Å². The molecule has 138 valence electrons. The van der Waals surface area contributed by atoms with E-state index in [1.807, 2.05) is 30.3 Å². The van der Waals surface area contributed by atoms with E-state index < -0.39 is 0 Å². The average molecular weight is 419 g/mol. The second kappa shape index (κ2) is 8.56. The third kappa shape index (κ3) is 4.88. The summed E-state index contributed by atoms with van der Waals surface area (Å²) in [5.74, 6) is -0.675. The summed E-state index contributed by atoms with van der Waals surface area (Å²) in [5, 5.41) is 13.1. The lowest BCUT2D eigenvalue weighted by molar-refractivity contribution is -0.128. The van der Waals surface area contributed by atoms with E-state index >= 15 is 0 Å². The minimum absolute atomic E-state index is 0.00488. The van der Waals surface area contributed by atoms with Crippen LogP contribution in [0.5, 0.6) is 5.75 Å². The molecule has 0 saturated carbocycles. The predicted octanol–water partition coefficient (Wildman–Crippen LogP) is 3.56. The fraction of sp³-hybridized carbons (Fsp3) is 0.105. The first-order valence-electron chi connectivity index (χ1n) is 7.98. The third-order valence-electron chi connectivity index (χ3n) is 3.78. The number of halogens is 1. The maximum atomic E-state index is 12.6. The molecule has 2 amide bonds. The van der Waals surface area contributed by atoms with Gasteiger partial charge in [-0.1, -0.05) is 65.9 Å². The van der Waals surface area contributed by atoms with E-state index in [4.69, 9.17) is 23.8 Å². The van der Waals surface area contributed by atoms with Crippen LogP contribution in [-0.2, 0) is 16.1 Å². The molecule has 3 rings (SSSR count). The molecule has 2 aromatic carbocycles. The molecule has 5 nitrogen and oxygen atoms in total. The lowest BCUT2D eigenvalue weighted by atomic mass is 10.2. The smallest absolute Gasteiger partial charge is 0.266 e. The van der Waals surface area contributed by atoms with E-state index in [1.165, 1.54) is 17.0 Å². The van der Waals surface area contributed by atoms with Crippen LogP contribution in [0.2, 0.25) is 5.02 Å². The van der Waals surface area contributed by atoms with Crippen LogP contribution in [0.15, 0.2) is 53.4 Å². The Kier molecular flexibility index (Phi) is 6.15. The van der Waals surface area contributed by atoms with Gasteiger partial charge in [0.25, 0.3) is 5.91 Å². The maximum absolute atomic E-state index is 12.6. The van der Waals surface area contributed by atoms with Gasteiger partial charge in [0.05, 0.1) is 4.91 Å². The zero-order valence-corrected chi connectivity index (χ0v) is 16.4. The van der Waals surface area contributed by atoms with E-state index in [0.717, 1.165) is 17.3 Å². The van der Waals surface area contributed by atoms with Crippen molar-refractivity contribution < 1.29 is 14.7 Å². The molecule has 0 atom stereocenters. The van der Waals surface area contributed by atoms with Crippen molar-refractivity contribution >= 4 is 57.8 Å². The lowest BCUT2D eigenvalue weighted by Gasteiger charge is -2.14. The molecule has 2 N–H and O–H groups in total. The summed E-state index contributed by atoms with van der Waals surface area (Å²) in [6.45, 7) is 0.219. The molecule has 0 unspecified atom stereocenters. The van der Waals surface area contributed by atoms with Gasteiger partial charge < -0.3 is 10.4 Å². The number of rotatable bonds is 5. The van der Waals surface area contributed by atoms with Crippen molar-refractivity contribution in [2.24, 2.45) is 0 Å². The summed E-state index contributed by atoms with van der Waals surface area (Å²) in [6, 6.07) is 14.0. The highest BCUT2D eigenvalue weighted by molar-refractivity contribution is 8.26. The molecule has 27 heavy (non-hydrogen) atoms. The summed E-state index contributed by atoms with van der Waals surface area (Å²) in [4.78, 5) is 26.3. The Bertz CT molecular complexity index is 932. The van der Waals surface area contributed by atoms with Crippen LogP contribution in [-0.4, -0.2) is 32.7 Å². The predicted molar refractivity (Wildman–Crippen MR) is 111 cm³/mol. The van der Waals surface area contributed by atoms with Crippen LogP contribution in [0.25, 0.3) is 6.08 Å². The molecule has 0 spiro atoms. The first-order chi connectivity index (χ1) is 12.9. The van der Waals surface area contributed by atoms with Crippen LogP contribution >= 0.6 is 35.6 Å². The number of thiocarbonyl (C=S) groups is 1. The molecule has 1 fully saturated rings. The minimum Gasteiger partial charge on any atom is -0.507 e. The highest BCUT2D eigenvalue weighted by Gasteiger charge is 2.33. The Balaban J connectivity index is 1.66. The number of thioether (sulfide) groups is 1. The summed E-state index contributed by atoms with van der Waals surface area (Å²) < 4.78 is 0.294. The molecule has 0 bridgehead atoms. The highest BCUT2D eigenvalue weighted by atomic mass is 35.5. The Hall–Kier alpha value is -2.35. The number of hydrogen-bond donors (Lipinski definition) is 2. The zero-order valence-electron chi connectivity index (χ0n) is 14.0. The van der Waals surface area contributed by atoms with Crippen LogP contribution in [0.4, 0.5) is 0 Å². The number of phenols is 1. The number of phenolic OH excluding ortho intramolecular Hbond substituents is 1. The molecule has 1 saturated heterocycles. The molecule has 1 aliphatic rings. The zero-order chi connectivity index (χ0) is 19.4. The fourth-order valence-electron chi connectivity index (χ4n) is 2.41. The van der Waals surface area contributed by atoms with Gasteiger partial charge in [0.1, 0.15) is 16.6 Å². The van der Waals surface area contributed by atoms with Crippen LogP contribution < -0.4 is 5.32 Å². The van der Waals surface area contributed by atoms with Gasteiger partial charge in [-0.15, -0.1) is 0 Å². The number of aromatic hydroxyl groups is 1. The number of amides is 2. The van der Waals surface area contributed by atoms with Crippen molar-refractivity contribution in [1.29, 1.82) is 0 Å². The molecule has 1 heterocycles. The maximum Gasteiger partial charge on any atom is 0.266 e. The van der Waals surface area contributed by atoms with Crippen molar-refractivity contribution in [3.05, 3.63) is 69.6 Å². The number of benzene rings is 2. The topological polar surface area (TPSA) is 69.6 Å². The number of nitrogens with zero attached hydrogens (tertiary/aromatic N) is 1.